The molecule has 28 heavy (non-hydrogen) atoms. The average Bonchev–Trinajstić information content (AvgIpc) is 2.71. The van der Waals surface area contributed by atoms with Gasteiger partial charge in [-0.3, -0.25) is 9.59 Å². The molecule has 0 saturated carbocycles. The first-order valence-electron chi connectivity index (χ1n) is 9.24. The lowest BCUT2D eigenvalue weighted by atomic mass is 9.82. The third kappa shape index (κ3) is 5.23. The van der Waals surface area contributed by atoms with Crippen molar-refractivity contribution in [2.45, 2.75) is 38.7 Å². The molecule has 0 heterocycles. The van der Waals surface area contributed by atoms with Crippen LogP contribution in [0, 0.1) is 5.92 Å². The van der Waals surface area contributed by atoms with Gasteiger partial charge in [0, 0.05) is 18.5 Å². The first-order valence-corrected chi connectivity index (χ1v) is 9.24. The van der Waals surface area contributed by atoms with Crippen molar-refractivity contribution < 1.29 is 23.5 Å². The molecule has 0 fully saturated rings. The molecule has 0 aromatic heterocycles. The number of hydrogen-bond donors (Lipinski definition) is 2. The van der Waals surface area contributed by atoms with Crippen LogP contribution in [-0.4, -0.2) is 35.4 Å². The van der Waals surface area contributed by atoms with Gasteiger partial charge in [-0.05, 0) is 36.6 Å². The molecule has 0 saturated heterocycles. The largest absolute Gasteiger partial charge is 0.383 e. The maximum absolute atomic E-state index is 13.1. The number of carbonyl (C=O) groups excluding carboxylic acids is 2. The predicted molar refractivity (Wildman–Crippen MR) is 104 cm³/mol. The Bertz CT molecular complexity index is 789. The van der Waals surface area contributed by atoms with Crippen LogP contribution in [0.1, 0.15) is 37.0 Å². The number of rotatable bonds is 9. The zero-order valence-electron chi connectivity index (χ0n) is 16.0. The van der Waals surface area contributed by atoms with Crippen LogP contribution in [0.25, 0.3) is 11.1 Å². The monoisotopic (exact) mass is 389 g/mol. The van der Waals surface area contributed by atoms with Crippen molar-refractivity contribution >= 4 is 11.7 Å². The molecular weight excluding hydrogens is 364 g/mol. The molecule has 1 amide bonds. The number of aliphatic hydroxyl groups is 1. The Morgan fingerprint density at radius 3 is 2.14 bits per heavy atom. The molecule has 0 aliphatic heterocycles. The molecule has 2 aromatic rings. The summed E-state index contributed by atoms with van der Waals surface area (Å²) in [5.41, 5.74) is 0.0109. The van der Waals surface area contributed by atoms with Crippen LogP contribution in [0.3, 0.4) is 0 Å². The van der Waals surface area contributed by atoms with Crippen molar-refractivity contribution in [3.05, 3.63) is 60.2 Å². The number of alkyl halides is 2. The Morgan fingerprint density at radius 2 is 1.61 bits per heavy atom. The van der Waals surface area contributed by atoms with E-state index in [1.54, 1.807) is 19.1 Å². The molecular formula is C22H25F2NO3. The molecule has 2 unspecified atom stereocenters. The second-order valence-corrected chi connectivity index (χ2v) is 6.89. The van der Waals surface area contributed by atoms with Gasteiger partial charge in [0.2, 0.25) is 0 Å². The maximum atomic E-state index is 13.1. The third-order valence-electron chi connectivity index (χ3n) is 4.86. The first-order chi connectivity index (χ1) is 13.3. The van der Waals surface area contributed by atoms with Gasteiger partial charge in [0.1, 0.15) is 11.4 Å². The number of carbonyl (C=O) groups is 2. The summed E-state index contributed by atoms with van der Waals surface area (Å²) in [4.78, 5) is 24.3. The molecule has 6 heteroatoms. The number of benzene rings is 2. The number of amides is 1. The summed E-state index contributed by atoms with van der Waals surface area (Å²) >= 11 is 0. The second kappa shape index (κ2) is 9.55. The van der Waals surface area contributed by atoms with E-state index >= 15 is 0 Å². The van der Waals surface area contributed by atoms with Crippen LogP contribution in [0.5, 0.6) is 0 Å². The van der Waals surface area contributed by atoms with E-state index in [4.69, 9.17) is 0 Å². The zero-order valence-corrected chi connectivity index (χ0v) is 16.0. The first kappa shape index (κ1) is 21.7. The van der Waals surface area contributed by atoms with Gasteiger partial charge in [-0.2, -0.15) is 0 Å². The molecule has 2 rings (SSSR count). The Morgan fingerprint density at radius 1 is 1.04 bits per heavy atom. The number of Topliss-reactive ketones (excluding diaryl/α,β-unsaturated/α-hetero) is 1. The Hall–Kier alpha value is -2.60. The lowest BCUT2D eigenvalue weighted by molar-refractivity contribution is -0.150. The second-order valence-electron chi connectivity index (χ2n) is 6.89. The van der Waals surface area contributed by atoms with E-state index in [0.717, 1.165) is 18.1 Å². The van der Waals surface area contributed by atoms with Crippen LogP contribution in [0.2, 0.25) is 0 Å². The normalized spacial score (nSPS) is 14.4. The zero-order chi connectivity index (χ0) is 20.7. The lowest BCUT2D eigenvalue weighted by Gasteiger charge is -2.31. The lowest BCUT2D eigenvalue weighted by Crippen LogP contribution is -2.47. The third-order valence-corrected chi connectivity index (χ3v) is 4.86. The van der Waals surface area contributed by atoms with Crippen LogP contribution < -0.4 is 5.32 Å². The number of nitrogens with one attached hydrogen (secondary N) is 1. The smallest absolute Gasteiger partial charge is 0.267 e. The molecule has 0 radical (unpaired) electrons. The summed E-state index contributed by atoms with van der Waals surface area (Å²) < 4.78 is 26.2. The standard InChI is InChI=1S/C22H25F2NO3/c1-3-19(26)18(22(2,28)21(23)24)13-14-25-20(27)17-11-9-16(10-12-17)15-7-5-4-6-8-15/h4-12,18,21,28H,3,13-14H2,1-2H3,(H,25,27). The molecule has 2 aromatic carbocycles. The van der Waals surface area contributed by atoms with Gasteiger partial charge in [0.05, 0.1) is 5.92 Å². The van der Waals surface area contributed by atoms with E-state index in [2.05, 4.69) is 5.32 Å². The highest BCUT2D eigenvalue weighted by Gasteiger charge is 2.43. The fourth-order valence-corrected chi connectivity index (χ4v) is 3.05. The van der Waals surface area contributed by atoms with E-state index in [-0.39, 0.29) is 25.3 Å². The van der Waals surface area contributed by atoms with Crippen molar-refractivity contribution in [1.82, 2.24) is 5.32 Å². The van der Waals surface area contributed by atoms with Gasteiger partial charge in [0.25, 0.3) is 12.3 Å². The highest BCUT2D eigenvalue weighted by molar-refractivity contribution is 5.94. The molecule has 2 N–H and O–H groups in total. The summed E-state index contributed by atoms with van der Waals surface area (Å²) in [6, 6.07) is 16.7. The minimum atomic E-state index is -3.05. The quantitative estimate of drug-likeness (QED) is 0.679. The van der Waals surface area contributed by atoms with Crippen molar-refractivity contribution in [2.24, 2.45) is 5.92 Å². The predicted octanol–water partition coefficient (Wildman–Crippen LogP) is 4.08. The van der Waals surface area contributed by atoms with Crippen molar-refractivity contribution in [2.75, 3.05) is 6.54 Å². The minimum Gasteiger partial charge on any atom is -0.383 e. The Labute approximate surface area is 163 Å². The highest BCUT2D eigenvalue weighted by Crippen LogP contribution is 2.29. The van der Waals surface area contributed by atoms with Gasteiger partial charge in [0.15, 0.2) is 0 Å². The summed E-state index contributed by atoms with van der Waals surface area (Å²) in [6.07, 6.45) is -3.06. The van der Waals surface area contributed by atoms with Crippen LogP contribution >= 0.6 is 0 Å². The van der Waals surface area contributed by atoms with E-state index in [1.165, 1.54) is 0 Å². The number of ketones is 1. The molecule has 0 aliphatic carbocycles. The number of halogens is 2. The summed E-state index contributed by atoms with van der Waals surface area (Å²) in [7, 11) is 0. The van der Waals surface area contributed by atoms with E-state index in [0.29, 0.717) is 5.56 Å². The fourth-order valence-electron chi connectivity index (χ4n) is 3.05. The molecule has 2 atom stereocenters. The fraction of sp³-hybridized carbons (Fsp3) is 0.364. The molecule has 0 aliphatic rings. The van der Waals surface area contributed by atoms with Crippen LogP contribution in [-0.2, 0) is 4.79 Å². The van der Waals surface area contributed by atoms with E-state index < -0.39 is 23.7 Å². The molecule has 0 spiro atoms. The van der Waals surface area contributed by atoms with Gasteiger partial charge >= 0.3 is 0 Å². The Balaban J connectivity index is 1.98. The maximum Gasteiger partial charge on any atom is 0.267 e. The van der Waals surface area contributed by atoms with Crippen molar-refractivity contribution in [3.63, 3.8) is 0 Å². The highest BCUT2D eigenvalue weighted by atomic mass is 19.3. The minimum absolute atomic E-state index is 0.0124. The van der Waals surface area contributed by atoms with Crippen molar-refractivity contribution in [3.8, 4) is 11.1 Å². The van der Waals surface area contributed by atoms with E-state index in [9.17, 15) is 23.5 Å². The summed E-state index contributed by atoms with van der Waals surface area (Å²) in [5.74, 6) is -2.05. The van der Waals surface area contributed by atoms with Crippen LogP contribution in [0.15, 0.2) is 54.6 Å². The van der Waals surface area contributed by atoms with Gasteiger partial charge in [-0.1, -0.05) is 49.4 Å². The topological polar surface area (TPSA) is 66.4 Å². The molecule has 150 valence electrons. The average molecular weight is 389 g/mol. The molecule has 0 bridgehead atoms. The summed E-state index contributed by atoms with van der Waals surface area (Å²) in [5, 5.41) is 12.6. The SMILES string of the molecule is CCC(=O)C(CCNC(=O)c1ccc(-c2ccccc2)cc1)C(C)(O)C(F)F. The van der Waals surface area contributed by atoms with Gasteiger partial charge in [-0.15, -0.1) is 0 Å². The van der Waals surface area contributed by atoms with Crippen LogP contribution in [0.4, 0.5) is 8.78 Å². The van der Waals surface area contributed by atoms with Gasteiger partial charge in [-0.25, -0.2) is 8.78 Å². The molecule has 4 nitrogen and oxygen atoms in total. The number of hydrogen-bond acceptors (Lipinski definition) is 3. The van der Waals surface area contributed by atoms with Gasteiger partial charge < -0.3 is 10.4 Å². The van der Waals surface area contributed by atoms with Crippen molar-refractivity contribution in [1.29, 1.82) is 0 Å². The summed E-state index contributed by atoms with van der Waals surface area (Å²) in [6.45, 7) is 2.53. The Kier molecular flexibility index (Phi) is 7.40. The van der Waals surface area contributed by atoms with E-state index in [1.807, 2.05) is 42.5 Å².